The normalized spacial score (nSPS) is 22.8. The van der Waals surface area contributed by atoms with E-state index in [0.717, 1.165) is 39.1 Å². The molecule has 1 aliphatic heterocycles. The van der Waals surface area contributed by atoms with Crippen LogP contribution < -0.4 is 10.6 Å². The van der Waals surface area contributed by atoms with Crippen LogP contribution in [0.15, 0.2) is 0 Å². The predicted molar refractivity (Wildman–Crippen MR) is 68.9 cm³/mol. The van der Waals surface area contributed by atoms with Crippen molar-refractivity contribution < 1.29 is 4.79 Å². The first kappa shape index (κ1) is 12.8. The lowest BCUT2D eigenvalue weighted by molar-refractivity contribution is -0.121. The second kappa shape index (κ2) is 6.97. The Morgan fingerprint density at radius 1 is 1.24 bits per heavy atom. The van der Waals surface area contributed by atoms with Crippen LogP contribution >= 0.6 is 0 Å². The Bertz CT molecular complexity index is 233. The van der Waals surface area contributed by atoms with Crippen LogP contribution in [-0.2, 0) is 4.79 Å². The van der Waals surface area contributed by atoms with Crippen molar-refractivity contribution in [1.29, 1.82) is 0 Å². The number of carbonyl (C=O) groups is 1. The first-order valence-corrected chi connectivity index (χ1v) is 7.07. The minimum Gasteiger partial charge on any atom is -0.353 e. The highest BCUT2D eigenvalue weighted by molar-refractivity contribution is 5.76. The summed E-state index contributed by atoms with van der Waals surface area (Å²) in [6.45, 7) is 5.51. The van der Waals surface area contributed by atoms with Crippen molar-refractivity contribution in [3.05, 3.63) is 0 Å². The molecule has 1 amide bonds. The second-order valence-electron chi connectivity index (χ2n) is 5.24. The van der Waals surface area contributed by atoms with E-state index in [4.69, 9.17) is 0 Å². The summed E-state index contributed by atoms with van der Waals surface area (Å²) in [6.07, 6.45) is 6.63. The van der Waals surface area contributed by atoms with E-state index < -0.39 is 0 Å². The monoisotopic (exact) mass is 239 g/mol. The number of hydrogen-bond donors (Lipinski definition) is 2. The van der Waals surface area contributed by atoms with E-state index in [2.05, 4.69) is 15.5 Å². The van der Waals surface area contributed by atoms with Gasteiger partial charge in [-0.25, -0.2) is 0 Å². The quantitative estimate of drug-likeness (QED) is 0.743. The molecule has 0 atom stereocenters. The van der Waals surface area contributed by atoms with Crippen molar-refractivity contribution in [3.8, 4) is 0 Å². The molecule has 17 heavy (non-hydrogen) atoms. The van der Waals surface area contributed by atoms with Crippen LogP contribution in [0.25, 0.3) is 0 Å². The Hall–Kier alpha value is -0.610. The molecule has 1 saturated carbocycles. The van der Waals surface area contributed by atoms with Crippen molar-refractivity contribution in [1.82, 2.24) is 15.5 Å². The standard InChI is InChI=1S/C13H25N3O/c17-13(15-12-4-1-2-5-12)6-3-9-16-10-7-14-8-11-16/h12,14H,1-11H2,(H,15,17). The van der Waals surface area contributed by atoms with Gasteiger partial charge in [-0.1, -0.05) is 12.8 Å². The third-order valence-electron chi connectivity index (χ3n) is 3.81. The van der Waals surface area contributed by atoms with E-state index in [9.17, 15) is 4.79 Å². The number of piperazine rings is 1. The van der Waals surface area contributed by atoms with Crippen molar-refractivity contribution >= 4 is 5.91 Å². The lowest BCUT2D eigenvalue weighted by Crippen LogP contribution is -2.44. The number of carbonyl (C=O) groups excluding carboxylic acids is 1. The fraction of sp³-hybridized carbons (Fsp3) is 0.923. The zero-order valence-electron chi connectivity index (χ0n) is 10.7. The zero-order valence-corrected chi connectivity index (χ0v) is 10.7. The average molecular weight is 239 g/mol. The number of hydrogen-bond acceptors (Lipinski definition) is 3. The first-order chi connectivity index (χ1) is 8.34. The van der Waals surface area contributed by atoms with Crippen LogP contribution in [0, 0.1) is 0 Å². The van der Waals surface area contributed by atoms with Crippen LogP contribution in [0.1, 0.15) is 38.5 Å². The van der Waals surface area contributed by atoms with E-state index in [-0.39, 0.29) is 5.91 Å². The Morgan fingerprint density at radius 2 is 1.94 bits per heavy atom. The molecule has 0 aromatic carbocycles. The highest BCUT2D eigenvalue weighted by Gasteiger charge is 2.17. The molecule has 4 nitrogen and oxygen atoms in total. The first-order valence-electron chi connectivity index (χ1n) is 7.07. The summed E-state index contributed by atoms with van der Waals surface area (Å²) in [7, 11) is 0. The van der Waals surface area contributed by atoms with Crippen molar-refractivity contribution in [3.63, 3.8) is 0 Å². The molecule has 0 unspecified atom stereocenters. The Kier molecular flexibility index (Phi) is 5.26. The molecule has 1 saturated heterocycles. The van der Waals surface area contributed by atoms with Crippen molar-refractivity contribution in [2.45, 2.75) is 44.6 Å². The van der Waals surface area contributed by atoms with Crippen molar-refractivity contribution in [2.24, 2.45) is 0 Å². The molecule has 1 aliphatic carbocycles. The van der Waals surface area contributed by atoms with E-state index in [0.29, 0.717) is 12.5 Å². The minimum atomic E-state index is 0.257. The maximum absolute atomic E-state index is 11.7. The Morgan fingerprint density at radius 3 is 2.65 bits per heavy atom. The molecule has 0 bridgehead atoms. The van der Waals surface area contributed by atoms with E-state index >= 15 is 0 Å². The van der Waals surface area contributed by atoms with Gasteiger partial charge in [0.2, 0.25) is 5.91 Å². The highest BCUT2D eigenvalue weighted by atomic mass is 16.1. The van der Waals surface area contributed by atoms with Crippen LogP contribution in [0.5, 0.6) is 0 Å². The molecule has 4 heteroatoms. The maximum atomic E-state index is 11.7. The number of nitrogens with zero attached hydrogens (tertiary/aromatic N) is 1. The third kappa shape index (κ3) is 4.64. The van der Waals surface area contributed by atoms with Gasteiger partial charge in [0.15, 0.2) is 0 Å². The summed E-state index contributed by atoms with van der Waals surface area (Å²) in [4.78, 5) is 14.1. The smallest absolute Gasteiger partial charge is 0.220 e. The molecular formula is C13H25N3O. The predicted octanol–water partition coefficient (Wildman–Crippen LogP) is 0.731. The summed E-state index contributed by atoms with van der Waals surface area (Å²) >= 11 is 0. The number of nitrogens with one attached hydrogen (secondary N) is 2. The van der Waals surface area contributed by atoms with Gasteiger partial charge >= 0.3 is 0 Å². The molecule has 0 spiro atoms. The summed E-state index contributed by atoms with van der Waals surface area (Å²) in [5.41, 5.74) is 0. The fourth-order valence-electron chi connectivity index (χ4n) is 2.77. The van der Waals surface area contributed by atoms with Gasteiger partial charge in [0.1, 0.15) is 0 Å². The van der Waals surface area contributed by atoms with Gasteiger partial charge in [-0.3, -0.25) is 4.79 Å². The molecule has 0 radical (unpaired) electrons. The molecular weight excluding hydrogens is 214 g/mol. The molecule has 2 rings (SSSR count). The Labute approximate surface area is 104 Å². The molecule has 0 aromatic rings. The van der Waals surface area contributed by atoms with E-state index in [1.165, 1.54) is 25.7 Å². The van der Waals surface area contributed by atoms with Crippen LogP contribution in [0.4, 0.5) is 0 Å². The molecule has 2 N–H and O–H groups in total. The van der Waals surface area contributed by atoms with E-state index in [1.54, 1.807) is 0 Å². The van der Waals surface area contributed by atoms with E-state index in [1.807, 2.05) is 0 Å². The summed E-state index contributed by atoms with van der Waals surface area (Å²) in [5, 5.41) is 6.49. The number of amides is 1. The average Bonchev–Trinajstić information content (AvgIpc) is 2.83. The third-order valence-corrected chi connectivity index (χ3v) is 3.81. The second-order valence-corrected chi connectivity index (χ2v) is 5.24. The Balaban J connectivity index is 1.53. The van der Waals surface area contributed by atoms with Gasteiger partial charge in [-0.15, -0.1) is 0 Å². The van der Waals surface area contributed by atoms with Gasteiger partial charge in [0.25, 0.3) is 0 Å². The SMILES string of the molecule is O=C(CCCN1CCNCC1)NC1CCCC1. The van der Waals surface area contributed by atoms with Crippen LogP contribution in [0.2, 0.25) is 0 Å². The molecule has 2 fully saturated rings. The van der Waals surface area contributed by atoms with Gasteiger partial charge < -0.3 is 15.5 Å². The lowest BCUT2D eigenvalue weighted by atomic mass is 10.2. The molecule has 1 heterocycles. The van der Waals surface area contributed by atoms with Gasteiger partial charge in [-0.05, 0) is 25.8 Å². The maximum Gasteiger partial charge on any atom is 0.220 e. The van der Waals surface area contributed by atoms with Crippen LogP contribution in [-0.4, -0.2) is 49.6 Å². The highest BCUT2D eigenvalue weighted by Crippen LogP contribution is 2.17. The topological polar surface area (TPSA) is 44.4 Å². The zero-order chi connectivity index (χ0) is 11.9. The lowest BCUT2D eigenvalue weighted by Gasteiger charge is -2.27. The van der Waals surface area contributed by atoms with Gasteiger partial charge in [0.05, 0.1) is 0 Å². The summed E-state index contributed by atoms with van der Waals surface area (Å²) in [5.74, 6) is 0.257. The molecule has 0 aromatic heterocycles. The fourth-order valence-corrected chi connectivity index (χ4v) is 2.77. The molecule has 98 valence electrons. The largest absolute Gasteiger partial charge is 0.353 e. The summed E-state index contributed by atoms with van der Waals surface area (Å²) < 4.78 is 0. The van der Waals surface area contributed by atoms with Gasteiger partial charge in [-0.2, -0.15) is 0 Å². The summed E-state index contributed by atoms with van der Waals surface area (Å²) in [6, 6.07) is 0.474. The minimum absolute atomic E-state index is 0.257. The number of rotatable bonds is 5. The van der Waals surface area contributed by atoms with Crippen LogP contribution in [0.3, 0.4) is 0 Å². The molecule has 2 aliphatic rings. The van der Waals surface area contributed by atoms with Crippen molar-refractivity contribution in [2.75, 3.05) is 32.7 Å². The van der Waals surface area contributed by atoms with Gasteiger partial charge in [0, 0.05) is 38.6 Å².